The maximum absolute atomic E-state index is 9.79. The molecule has 1 fully saturated rings. The van der Waals surface area contributed by atoms with Gasteiger partial charge in [0, 0.05) is 6.54 Å². The number of hydrogen-bond acceptors (Lipinski definition) is 3. The van der Waals surface area contributed by atoms with E-state index in [0.717, 1.165) is 18.4 Å². The number of aliphatic hydroxyl groups is 1. The molecule has 3 unspecified atom stereocenters. The highest BCUT2D eigenvalue weighted by Crippen LogP contribution is 2.30. The molecule has 1 aliphatic rings. The maximum Gasteiger partial charge on any atom is 0.133 e. The van der Waals surface area contributed by atoms with E-state index in [9.17, 15) is 5.11 Å². The molecule has 1 aromatic heterocycles. The molecule has 0 bridgehead atoms. The predicted octanol–water partition coefficient (Wildman–Crippen LogP) is 2.34. The first kappa shape index (κ1) is 11.7. The van der Waals surface area contributed by atoms with Gasteiger partial charge in [0.05, 0.1) is 6.26 Å². The van der Waals surface area contributed by atoms with Gasteiger partial charge in [-0.15, -0.1) is 0 Å². The third kappa shape index (κ3) is 2.86. The van der Waals surface area contributed by atoms with Crippen molar-refractivity contribution in [3.8, 4) is 0 Å². The quantitative estimate of drug-likeness (QED) is 0.805. The molecule has 0 aliphatic heterocycles. The molecule has 16 heavy (non-hydrogen) atoms. The van der Waals surface area contributed by atoms with Gasteiger partial charge in [-0.05, 0) is 36.9 Å². The van der Waals surface area contributed by atoms with Crippen LogP contribution in [-0.4, -0.2) is 18.2 Å². The van der Waals surface area contributed by atoms with E-state index in [0.29, 0.717) is 12.3 Å². The fourth-order valence-electron chi connectivity index (χ4n) is 2.51. The Hall–Kier alpha value is -0.800. The van der Waals surface area contributed by atoms with Gasteiger partial charge in [-0.25, -0.2) is 0 Å². The van der Waals surface area contributed by atoms with Gasteiger partial charge in [-0.2, -0.15) is 0 Å². The van der Waals surface area contributed by atoms with Crippen LogP contribution in [0.3, 0.4) is 0 Å². The van der Waals surface area contributed by atoms with E-state index < -0.39 is 6.10 Å². The van der Waals surface area contributed by atoms with Crippen molar-refractivity contribution in [2.24, 2.45) is 11.8 Å². The highest BCUT2D eigenvalue weighted by atomic mass is 16.4. The molecular weight excluding hydrogens is 202 g/mol. The lowest BCUT2D eigenvalue weighted by molar-refractivity contribution is 0.145. The van der Waals surface area contributed by atoms with Crippen LogP contribution in [0.5, 0.6) is 0 Å². The first-order valence-electron chi connectivity index (χ1n) is 6.19. The third-order valence-electron chi connectivity index (χ3n) is 3.65. The average Bonchev–Trinajstić information content (AvgIpc) is 2.90. The Bertz CT molecular complexity index is 297. The summed E-state index contributed by atoms with van der Waals surface area (Å²) in [6.07, 6.45) is 5.11. The summed E-state index contributed by atoms with van der Waals surface area (Å²) < 4.78 is 5.15. The van der Waals surface area contributed by atoms with Gasteiger partial charge in [-0.3, -0.25) is 0 Å². The summed E-state index contributed by atoms with van der Waals surface area (Å²) >= 11 is 0. The summed E-state index contributed by atoms with van der Waals surface area (Å²) in [4.78, 5) is 0. The van der Waals surface area contributed by atoms with Crippen molar-refractivity contribution in [3.63, 3.8) is 0 Å². The number of aliphatic hydroxyl groups excluding tert-OH is 1. The van der Waals surface area contributed by atoms with Gasteiger partial charge in [-0.1, -0.05) is 19.8 Å². The van der Waals surface area contributed by atoms with E-state index in [1.165, 1.54) is 19.3 Å². The second kappa shape index (κ2) is 5.51. The highest BCUT2D eigenvalue weighted by molar-refractivity contribution is 5.02. The monoisotopic (exact) mass is 223 g/mol. The Kier molecular flexibility index (Phi) is 4.02. The van der Waals surface area contributed by atoms with E-state index in [4.69, 9.17) is 4.42 Å². The number of nitrogens with one attached hydrogen (secondary N) is 1. The van der Waals surface area contributed by atoms with Crippen LogP contribution in [0, 0.1) is 11.8 Å². The molecule has 1 aromatic rings. The Morgan fingerprint density at radius 2 is 2.44 bits per heavy atom. The second-order valence-corrected chi connectivity index (χ2v) is 4.86. The maximum atomic E-state index is 9.79. The van der Waals surface area contributed by atoms with Crippen molar-refractivity contribution in [1.29, 1.82) is 0 Å². The van der Waals surface area contributed by atoms with Gasteiger partial charge in [0.25, 0.3) is 0 Å². The van der Waals surface area contributed by atoms with E-state index in [1.54, 1.807) is 12.3 Å². The highest BCUT2D eigenvalue weighted by Gasteiger charge is 2.23. The summed E-state index contributed by atoms with van der Waals surface area (Å²) in [5.41, 5.74) is 0. The molecule has 2 rings (SSSR count). The van der Waals surface area contributed by atoms with Crippen LogP contribution in [0.4, 0.5) is 0 Å². The molecule has 1 saturated carbocycles. The van der Waals surface area contributed by atoms with E-state index >= 15 is 0 Å². The number of hydrogen-bond donors (Lipinski definition) is 2. The third-order valence-corrected chi connectivity index (χ3v) is 3.65. The smallest absolute Gasteiger partial charge is 0.133 e. The van der Waals surface area contributed by atoms with Crippen molar-refractivity contribution in [1.82, 2.24) is 5.32 Å². The number of furan rings is 1. The molecule has 0 aromatic carbocycles. The molecule has 90 valence electrons. The summed E-state index contributed by atoms with van der Waals surface area (Å²) in [6, 6.07) is 3.61. The minimum Gasteiger partial charge on any atom is -0.467 e. The lowest BCUT2D eigenvalue weighted by Gasteiger charge is -2.17. The summed E-state index contributed by atoms with van der Waals surface area (Å²) in [5, 5.41) is 13.1. The summed E-state index contributed by atoms with van der Waals surface area (Å²) in [6.45, 7) is 3.91. The van der Waals surface area contributed by atoms with Gasteiger partial charge < -0.3 is 14.8 Å². The lowest BCUT2D eigenvalue weighted by atomic mass is 9.98. The van der Waals surface area contributed by atoms with Crippen LogP contribution in [0.15, 0.2) is 22.8 Å². The first-order valence-corrected chi connectivity index (χ1v) is 6.19. The largest absolute Gasteiger partial charge is 0.467 e. The van der Waals surface area contributed by atoms with E-state index in [2.05, 4.69) is 12.2 Å². The van der Waals surface area contributed by atoms with Crippen LogP contribution < -0.4 is 5.32 Å². The molecule has 0 radical (unpaired) electrons. The van der Waals surface area contributed by atoms with Crippen molar-refractivity contribution >= 4 is 0 Å². The molecule has 0 saturated heterocycles. The van der Waals surface area contributed by atoms with Crippen molar-refractivity contribution in [3.05, 3.63) is 24.2 Å². The molecule has 0 spiro atoms. The zero-order chi connectivity index (χ0) is 11.4. The number of rotatable bonds is 5. The van der Waals surface area contributed by atoms with Gasteiger partial charge in [0.15, 0.2) is 0 Å². The van der Waals surface area contributed by atoms with Crippen LogP contribution >= 0.6 is 0 Å². The van der Waals surface area contributed by atoms with Crippen molar-refractivity contribution < 1.29 is 9.52 Å². The lowest BCUT2D eigenvalue weighted by Crippen LogP contribution is -2.28. The topological polar surface area (TPSA) is 45.4 Å². The minimum atomic E-state index is -0.522. The summed E-state index contributed by atoms with van der Waals surface area (Å²) in [5.74, 6) is 2.25. The SMILES string of the molecule is CC1CCCC1CNCC(O)c1ccco1. The zero-order valence-corrected chi connectivity index (χ0v) is 9.86. The Balaban J connectivity index is 1.68. The molecule has 2 N–H and O–H groups in total. The van der Waals surface area contributed by atoms with Crippen LogP contribution in [0.1, 0.15) is 38.1 Å². The zero-order valence-electron chi connectivity index (χ0n) is 9.86. The Labute approximate surface area is 96.8 Å². The Morgan fingerprint density at radius 3 is 3.06 bits per heavy atom. The molecule has 3 heteroatoms. The molecule has 1 heterocycles. The second-order valence-electron chi connectivity index (χ2n) is 4.86. The van der Waals surface area contributed by atoms with Gasteiger partial charge in [0.1, 0.15) is 11.9 Å². The molecule has 3 atom stereocenters. The normalized spacial score (nSPS) is 27.1. The average molecular weight is 223 g/mol. The fraction of sp³-hybridized carbons (Fsp3) is 0.692. The minimum absolute atomic E-state index is 0.522. The predicted molar refractivity (Wildman–Crippen MR) is 63.0 cm³/mol. The van der Waals surface area contributed by atoms with E-state index in [1.807, 2.05) is 6.07 Å². The molecular formula is C13H21NO2. The molecule has 3 nitrogen and oxygen atoms in total. The standard InChI is InChI=1S/C13H21NO2/c1-10-4-2-5-11(10)8-14-9-12(15)13-6-3-7-16-13/h3,6-7,10-12,14-15H,2,4-5,8-9H2,1H3. The Morgan fingerprint density at radius 1 is 1.56 bits per heavy atom. The van der Waals surface area contributed by atoms with Crippen LogP contribution in [0.2, 0.25) is 0 Å². The van der Waals surface area contributed by atoms with E-state index in [-0.39, 0.29) is 0 Å². The summed E-state index contributed by atoms with van der Waals surface area (Å²) in [7, 11) is 0. The van der Waals surface area contributed by atoms with Crippen molar-refractivity contribution in [2.75, 3.05) is 13.1 Å². The van der Waals surface area contributed by atoms with Gasteiger partial charge in [0.2, 0.25) is 0 Å². The van der Waals surface area contributed by atoms with Gasteiger partial charge >= 0.3 is 0 Å². The fourth-order valence-corrected chi connectivity index (χ4v) is 2.51. The molecule has 1 aliphatic carbocycles. The first-order chi connectivity index (χ1) is 7.77. The van der Waals surface area contributed by atoms with Crippen LogP contribution in [0.25, 0.3) is 0 Å². The molecule has 0 amide bonds. The van der Waals surface area contributed by atoms with Crippen molar-refractivity contribution in [2.45, 2.75) is 32.3 Å². The van der Waals surface area contributed by atoms with Crippen LogP contribution in [-0.2, 0) is 0 Å².